The number of likely N-dealkylation sites (N-methyl/N-ethyl adjacent to an activating group) is 1. The Morgan fingerprint density at radius 2 is 2.10 bits per heavy atom. The van der Waals surface area contributed by atoms with E-state index in [0.717, 1.165) is 6.54 Å². The molecule has 2 rings (SSSR count). The van der Waals surface area contributed by atoms with Crippen LogP contribution in [-0.2, 0) is 9.59 Å². The lowest BCUT2D eigenvalue weighted by Crippen LogP contribution is -2.58. The van der Waals surface area contributed by atoms with Crippen LogP contribution in [0.15, 0.2) is 24.3 Å². The molecule has 0 saturated carbocycles. The molecule has 1 heterocycles. The maximum Gasteiger partial charge on any atom is 0.238 e. The molecule has 1 aliphatic heterocycles. The molecule has 0 spiro atoms. The molecule has 1 aliphatic rings. The minimum atomic E-state index is -0.320. The summed E-state index contributed by atoms with van der Waals surface area (Å²) in [6.45, 7) is 2.16. The number of anilines is 1. The highest BCUT2D eigenvalue weighted by Gasteiger charge is 2.29. The number of nitrogens with zero attached hydrogens (tertiary/aromatic N) is 1. The van der Waals surface area contributed by atoms with Crippen LogP contribution in [0, 0.1) is 0 Å². The molecule has 7 heteroatoms. The number of rotatable bonds is 4. The third-order valence-corrected chi connectivity index (χ3v) is 3.63. The highest BCUT2D eigenvalue weighted by Crippen LogP contribution is 2.13. The lowest BCUT2D eigenvalue weighted by molar-refractivity contribution is -0.128. The van der Waals surface area contributed by atoms with Crippen LogP contribution in [0.4, 0.5) is 5.69 Å². The van der Waals surface area contributed by atoms with E-state index in [0.29, 0.717) is 23.8 Å². The number of piperazine rings is 1. The first-order valence-corrected chi connectivity index (χ1v) is 7.19. The smallest absolute Gasteiger partial charge is 0.238 e. The van der Waals surface area contributed by atoms with Crippen LogP contribution < -0.4 is 16.0 Å². The van der Waals surface area contributed by atoms with E-state index in [2.05, 4.69) is 16.0 Å². The van der Waals surface area contributed by atoms with Crippen molar-refractivity contribution in [2.24, 2.45) is 0 Å². The van der Waals surface area contributed by atoms with Gasteiger partial charge in [0.2, 0.25) is 11.8 Å². The Labute approximate surface area is 128 Å². The molecule has 114 valence electrons. The Balaban J connectivity index is 1.93. The Kier molecular flexibility index (Phi) is 5.55. The van der Waals surface area contributed by atoms with E-state index >= 15 is 0 Å². The fourth-order valence-electron chi connectivity index (χ4n) is 2.28. The predicted octanol–water partition coefficient (Wildman–Crippen LogP) is 0.298. The average Bonchev–Trinajstić information content (AvgIpc) is 2.49. The van der Waals surface area contributed by atoms with E-state index in [-0.39, 0.29) is 24.4 Å². The second kappa shape index (κ2) is 7.40. The van der Waals surface area contributed by atoms with E-state index in [9.17, 15) is 9.59 Å². The molecular weight excluding hydrogens is 292 g/mol. The van der Waals surface area contributed by atoms with Crippen molar-refractivity contribution in [3.63, 3.8) is 0 Å². The maximum absolute atomic E-state index is 12.1. The average molecular weight is 311 g/mol. The van der Waals surface area contributed by atoms with Gasteiger partial charge in [0, 0.05) is 37.4 Å². The zero-order chi connectivity index (χ0) is 15.2. The van der Waals surface area contributed by atoms with Crippen molar-refractivity contribution >= 4 is 29.1 Å². The molecule has 0 aromatic heterocycles. The fraction of sp³-hybridized carbons (Fsp3) is 0.429. The van der Waals surface area contributed by atoms with Gasteiger partial charge >= 0.3 is 0 Å². The number of hydrogen-bond donors (Lipinski definition) is 3. The van der Waals surface area contributed by atoms with Gasteiger partial charge in [-0.3, -0.25) is 14.5 Å². The van der Waals surface area contributed by atoms with E-state index in [1.54, 1.807) is 31.3 Å². The zero-order valence-corrected chi connectivity index (χ0v) is 12.6. The standard InChI is InChI=1S/C14H19ClN4O2/c1-16-14(21)12-8-17-6-7-19(12)9-13(20)18-11-4-2-10(15)3-5-11/h2-5,12,17H,6-9H2,1H3,(H,16,21)(H,18,20). The summed E-state index contributed by atoms with van der Waals surface area (Å²) in [6, 6.07) is 6.60. The molecule has 1 fully saturated rings. The van der Waals surface area contributed by atoms with Crippen LogP contribution in [0.2, 0.25) is 5.02 Å². The topological polar surface area (TPSA) is 73.5 Å². The molecule has 0 bridgehead atoms. The Hall–Kier alpha value is -1.63. The molecule has 6 nitrogen and oxygen atoms in total. The number of nitrogens with one attached hydrogen (secondary N) is 3. The summed E-state index contributed by atoms with van der Waals surface area (Å²) < 4.78 is 0. The molecule has 0 radical (unpaired) electrons. The summed E-state index contributed by atoms with van der Waals surface area (Å²) >= 11 is 5.80. The molecular formula is C14H19ClN4O2. The Morgan fingerprint density at radius 3 is 2.76 bits per heavy atom. The maximum atomic E-state index is 12.1. The van der Waals surface area contributed by atoms with Crippen LogP contribution in [0.5, 0.6) is 0 Å². The van der Waals surface area contributed by atoms with Crippen molar-refractivity contribution in [3.8, 4) is 0 Å². The van der Waals surface area contributed by atoms with Crippen molar-refractivity contribution in [1.29, 1.82) is 0 Å². The lowest BCUT2D eigenvalue weighted by atomic mass is 10.1. The summed E-state index contributed by atoms with van der Waals surface area (Å²) in [7, 11) is 1.60. The van der Waals surface area contributed by atoms with Crippen LogP contribution in [-0.4, -0.2) is 56.0 Å². The summed E-state index contributed by atoms with van der Waals surface area (Å²) in [4.78, 5) is 25.8. The van der Waals surface area contributed by atoms with Gasteiger partial charge in [0.1, 0.15) is 6.04 Å². The molecule has 1 aromatic rings. The van der Waals surface area contributed by atoms with Gasteiger partial charge < -0.3 is 16.0 Å². The van der Waals surface area contributed by atoms with E-state index in [4.69, 9.17) is 11.6 Å². The molecule has 2 amide bonds. The summed E-state index contributed by atoms with van der Waals surface area (Å²) in [5.74, 6) is -0.227. The first-order chi connectivity index (χ1) is 10.1. The summed E-state index contributed by atoms with van der Waals surface area (Å²) in [5, 5.41) is 9.21. The van der Waals surface area contributed by atoms with Gasteiger partial charge in [0.25, 0.3) is 0 Å². The van der Waals surface area contributed by atoms with Gasteiger partial charge in [-0.2, -0.15) is 0 Å². The third kappa shape index (κ3) is 4.42. The molecule has 1 saturated heterocycles. The van der Waals surface area contributed by atoms with Crippen molar-refractivity contribution < 1.29 is 9.59 Å². The van der Waals surface area contributed by atoms with E-state index in [1.807, 2.05) is 4.90 Å². The van der Waals surface area contributed by atoms with Crippen LogP contribution in [0.1, 0.15) is 0 Å². The SMILES string of the molecule is CNC(=O)C1CNCCN1CC(=O)Nc1ccc(Cl)cc1. The molecule has 21 heavy (non-hydrogen) atoms. The number of benzene rings is 1. The first kappa shape index (κ1) is 15.8. The molecule has 1 atom stereocenters. The van der Waals surface area contributed by atoms with Crippen LogP contribution in [0.25, 0.3) is 0 Å². The number of hydrogen-bond acceptors (Lipinski definition) is 4. The highest BCUT2D eigenvalue weighted by molar-refractivity contribution is 6.30. The minimum absolute atomic E-state index is 0.0820. The van der Waals surface area contributed by atoms with Crippen molar-refractivity contribution in [3.05, 3.63) is 29.3 Å². The second-order valence-corrected chi connectivity index (χ2v) is 5.30. The Morgan fingerprint density at radius 1 is 1.38 bits per heavy atom. The van der Waals surface area contributed by atoms with Crippen molar-refractivity contribution in [2.75, 3.05) is 38.5 Å². The van der Waals surface area contributed by atoms with Crippen LogP contribution in [0.3, 0.4) is 0 Å². The molecule has 3 N–H and O–H groups in total. The monoisotopic (exact) mass is 310 g/mol. The summed E-state index contributed by atoms with van der Waals surface area (Å²) in [6.07, 6.45) is 0. The Bertz CT molecular complexity index is 506. The zero-order valence-electron chi connectivity index (χ0n) is 11.9. The number of carbonyl (C=O) groups excluding carboxylic acids is 2. The number of carbonyl (C=O) groups is 2. The van der Waals surface area contributed by atoms with Gasteiger partial charge in [-0.05, 0) is 24.3 Å². The number of amides is 2. The largest absolute Gasteiger partial charge is 0.358 e. The summed E-state index contributed by atoms with van der Waals surface area (Å²) in [5.41, 5.74) is 0.691. The minimum Gasteiger partial charge on any atom is -0.358 e. The molecule has 1 aromatic carbocycles. The predicted molar refractivity (Wildman–Crippen MR) is 82.4 cm³/mol. The third-order valence-electron chi connectivity index (χ3n) is 3.38. The van der Waals surface area contributed by atoms with Crippen molar-refractivity contribution in [1.82, 2.24) is 15.5 Å². The van der Waals surface area contributed by atoms with E-state index in [1.165, 1.54) is 0 Å². The number of halogens is 1. The van der Waals surface area contributed by atoms with Gasteiger partial charge in [-0.25, -0.2) is 0 Å². The van der Waals surface area contributed by atoms with Gasteiger partial charge in [-0.15, -0.1) is 0 Å². The van der Waals surface area contributed by atoms with Gasteiger partial charge in [-0.1, -0.05) is 11.6 Å². The van der Waals surface area contributed by atoms with Gasteiger partial charge in [0.15, 0.2) is 0 Å². The first-order valence-electron chi connectivity index (χ1n) is 6.82. The van der Waals surface area contributed by atoms with E-state index < -0.39 is 0 Å². The second-order valence-electron chi connectivity index (χ2n) is 4.86. The van der Waals surface area contributed by atoms with Crippen molar-refractivity contribution in [2.45, 2.75) is 6.04 Å². The normalized spacial score (nSPS) is 19.0. The molecule has 0 aliphatic carbocycles. The molecule has 1 unspecified atom stereocenters. The fourth-order valence-corrected chi connectivity index (χ4v) is 2.40. The lowest BCUT2D eigenvalue weighted by Gasteiger charge is -2.34. The quantitative estimate of drug-likeness (QED) is 0.748. The highest BCUT2D eigenvalue weighted by atomic mass is 35.5. The van der Waals surface area contributed by atoms with Gasteiger partial charge in [0.05, 0.1) is 6.54 Å². The van der Waals surface area contributed by atoms with Crippen LogP contribution >= 0.6 is 11.6 Å².